The number of hydrogen-bond acceptors (Lipinski definition) is 3. The molecule has 2 rings (SSSR count). The predicted octanol–water partition coefficient (Wildman–Crippen LogP) is 3.55. The van der Waals surface area contributed by atoms with Crippen LogP contribution in [0.15, 0.2) is 5.51 Å². The summed E-state index contributed by atoms with van der Waals surface area (Å²) < 4.78 is 0. The Morgan fingerprint density at radius 1 is 1.47 bits per heavy atom. The van der Waals surface area contributed by atoms with Gasteiger partial charge in [0.25, 0.3) is 0 Å². The number of hydrogen-bond donors (Lipinski definition) is 1. The third-order valence-electron chi connectivity index (χ3n) is 4.09. The van der Waals surface area contributed by atoms with Crippen LogP contribution < -0.4 is 5.32 Å². The number of nitrogens with zero attached hydrogens (tertiary/aromatic N) is 1. The molecule has 1 unspecified atom stereocenters. The van der Waals surface area contributed by atoms with Crippen LogP contribution in [0.1, 0.15) is 50.1 Å². The molecule has 0 aliphatic heterocycles. The number of nitrogens with one attached hydrogen (secondary N) is 1. The van der Waals surface area contributed by atoms with E-state index < -0.39 is 0 Å². The lowest BCUT2D eigenvalue weighted by Gasteiger charge is -2.39. The highest BCUT2D eigenvalue weighted by Gasteiger charge is 2.31. The lowest BCUT2D eigenvalue weighted by Crippen LogP contribution is -2.44. The topological polar surface area (TPSA) is 24.9 Å². The first-order chi connectivity index (χ1) is 8.09. The highest BCUT2D eigenvalue weighted by atomic mass is 32.1. The highest BCUT2D eigenvalue weighted by molar-refractivity contribution is 7.09. The van der Waals surface area contributed by atoms with Crippen LogP contribution in [0.4, 0.5) is 0 Å². The smallest absolute Gasteiger partial charge is 0.0797 e. The zero-order chi connectivity index (χ0) is 12.3. The van der Waals surface area contributed by atoms with E-state index >= 15 is 0 Å². The van der Waals surface area contributed by atoms with Crippen molar-refractivity contribution in [2.75, 3.05) is 6.54 Å². The standard InChI is InChI=1S/C14H24N2S/c1-11-12(17-10-16-11)7-9-15-13-6-4-5-8-14(13,2)3/h10,13,15H,4-9H2,1-3H3. The maximum atomic E-state index is 4.30. The monoisotopic (exact) mass is 252 g/mol. The normalized spacial score (nSPS) is 23.8. The summed E-state index contributed by atoms with van der Waals surface area (Å²) in [6.07, 6.45) is 6.63. The second-order valence-electron chi connectivity index (χ2n) is 5.85. The van der Waals surface area contributed by atoms with Crippen LogP contribution in [0.2, 0.25) is 0 Å². The van der Waals surface area contributed by atoms with Crippen LogP contribution in [-0.2, 0) is 6.42 Å². The molecule has 1 heterocycles. The average molecular weight is 252 g/mol. The van der Waals surface area contributed by atoms with Crippen molar-refractivity contribution in [2.45, 2.75) is 58.9 Å². The van der Waals surface area contributed by atoms with Gasteiger partial charge in [0.05, 0.1) is 11.2 Å². The first kappa shape index (κ1) is 13.0. The molecule has 0 amide bonds. The molecule has 0 aromatic carbocycles. The fraction of sp³-hybridized carbons (Fsp3) is 0.786. The summed E-state index contributed by atoms with van der Waals surface area (Å²) in [6.45, 7) is 8.01. The van der Waals surface area contributed by atoms with E-state index in [1.54, 1.807) is 11.3 Å². The molecule has 17 heavy (non-hydrogen) atoms. The molecule has 1 saturated carbocycles. The van der Waals surface area contributed by atoms with Crippen molar-refractivity contribution >= 4 is 11.3 Å². The van der Waals surface area contributed by atoms with Gasteiger partial charge in [-0.1, -0.05) is 26.7 Å². The third-order valence-corrected chi connectivity index (χ3v) is 5.09. The van der Waals surface area contributed by atoms with Crippen LogP contribution in [0.3, 0.4) is 0 Å². The molecule has 0 saturated heterocycles. The Hall–Kier alpha value is -0.410. The van der Waals surface area contributed by atoms with Gasteiger partial charge in [0.1, 0.15) is 0 Å². The summed E-state index contributed by atoms with van der Waals surface area (Å²) in [5.41, 5.74) is 3.63. The Bertz CT molecular complexity index is 357. The summed E-state index contributed by atoms with van der Waals surface area (Å²) in [5.74, 6) is 0. The fourth-order valence-electron chi connectivity index (χ4n) is 2.80. The first-order valence-electron chi connectivity index (χ1n) is 6.72. The summed E-state index contributed by atoms with van der Waals surface area (Å²) in [5, 5.41) is 3.76. The van der Waals surface area contributed by atoms with E-state index in [2.05, 4.69) is 31.1 Å². The van der Waals surface area contributed by atoms with Gasteiger partial charge in [0.15, 0.2) is 0 Å². The van der Waals surface area contributed by atoms with Gasteiger partial charge < -0.3 is 5.32 Å². The van der Waals surface area contributed by atoms with E-state index in [4.69, 9.17) is 0 Å². The average Bonchev–Trinajstić information content (AvgIpc) is 2.67. The fourth-order valence-corrected chi connectivity index (χ4v) is 3.58. The van der Waals surface area contributed by atoms with Crippen LogP contribution in [-0.4, -0.2) is 17.6 Å². The first-order valence-corrected chi connectivity index (χ1v) is 7.60. The molecule has 1 aromatic rings. The van der Waals surface area contributed by atoms with Crippen molar-refractivity contribution in [2.24, 2.45) is 5.41 Å². The molecular weight excluding hydrogens is 228 g/mol. The second kappa shape index (κ2) is 5.49. The summed E-state index contributed by atoms with van der Waals surface area (Å²) in [7, 11) is 0. The van der Waals surface area contributed by atoms with Crippen molar-refractivity contribution < 1.29 is 0 Å². The van der Waals surface area contributed by atoms with Crippen molar-refractivity contribution in [1.29, 1.82) is 0 Å². The molecule has 1 atom stereocenters. The minimum Gasteiger partial charge on any atom is -0.313 e. The maximum absolute atomic E-state index is 4.30. The largest absolute Gasteiger partial charge is 0.313 e. The number of thiazole rings is 1. The molecule has 0 radical (unpaired) electrons. The molecule has 1 fully saturated rings. The van der Waals surface area contributed by atoms with Crippen molar-refractivity contribution in [3.8, 4) is 0 Å². The molecule has 1 aliphatic rings. The summed E-state index contributed by atoms with van der Waals surface area (Å²) >= 11 is 1.78. The number of aromatic nitrogens is 1. The predicted molar refractivity (Wildman–Crippen MR) is 74.6 cm³/mol. The van der Waals surface area contributed by atoms with Crippen LogP contribution in [0.25, 0.3) is 0 Å². The molecule has 96 valence electrons. The van der Waals surface area contributed by atoms with Gasteiger partial charge in [-0.2, -0.15) is 0 Å². The minimum absolute atomic E-state index is 0.473. The Labute approximate surface area is 109 Å². The zero-order valence-corrected chi connectivity index (χ0v) is 12.1. The van der Waals surface area contributed by atoms with Crippen LogP contribution >= 0.6 is 11.3 Å². The SMILES string of the molecule is Cc1ncsc1CCNC1CCCCC1(C)C. The van der Waals surface area contributed by atoms with Gasteiger partial charge in [0, 0.05) is 17.5 Å². The molecule has 3 heteroatoms. The van der Waals surface area contributed by atoms with Crippen molar-refractivity contribution in [1.82, 2.24) is 10.3 Å². The molecule has 1 aliphatic carbocycles. The van der Waals surface area contributed by atoms with E-state index in [-0.39, 0.29) is 0 Å². The van der Waals surface area contributed by atoms with Gasteiger partial charge in [0.2, 0.25) is 0 Å². The van der Waals surface area contributed by atoms with Crippen LogP contribution in [0, 0.1) is 12.3 Å². The van der Waals surface area contributed by atoms with Gasteiger partial charge in [-0.15, -0.1) is 11.3 Å². The Morgan fingerprint density at radius 3 is 2.94 bits per heavy atom. The van der Waals surface area contributed by atoms with Gasteiger partial charge in [-0.05, 0) is 31.6 Å². The minimum atomic E-state index is 0.473. The lowest BCUT2D eigenvalue weighted by molar-refractivity contribution is 0.169. The van der Waals surface area contributed by atoms with Crippen molar-refractivity contribution in [3.63, 3.8) is 0 Å². The van der Waals surface area contributed by atoms with Gasteiger partial charge in [-0.25, -0.2) is 4.98 Å². The van der Waals surface area contributed by atoms with Gasteiger partial charge >= 0.3 is 0 Å². The van der Waals surface area contributed by atoms with E-state index in [0.717, 1.165) is 13.0 Å². The summed E-state index contributed by atoms with van der Waals surface area (Å²) in [6, 6.07) is 0.699. The van der Waals surface area contributed by atoms with E-state index in [0.29, 0.717) is 11.5 Å². The Balaban J connectivity index is 1.80. The highest BCUT2D eigenvalue weighted by Crippen LogP contribution is 2.35. The quantitative estimate of drug-likeness (QED) is 0.886. The molecule has 2 nitrogen and oxygen atoms in total. The molecule has 1 N–H and O–H groups in total. The lowest BCUT2D eigenvalue weighted by atomic mass is 9.73. The maximum Gasteiger partial charge on any atom is 0.0797 e. The third kappa shape index (κ3) is 3.29. The van der Waals surface area contributed by atoms with Gasteiger partial charge in [-0.3, -0.25) is 0 Å². The molecular formula is C14H24N2S. The molecule has 1 aromatic heterocycles. The van der Waals surface area contributed by atoms with E-state index in [1.165, 1.54) is 36.3 Å². The van der Waals surface area contributed by atoms with E-state index in [1.807, 2.05) is 5.51 Å². The molecule has 0 spiro atoms. The zero-order valence-electron chi connectivity index (χ0n) is 11.3. The molecule has 0 bridgehead atoms. The number of aryl methyl sites for hydroxylation is 1. The van der Waals surface area contributed by atoms with E-state index in [9.17, 15) is 0 Å². The Kier molecular flexibility index (Phi) is 4.21. The number of rotatable bonds is 4. The summed E-state index contributed by atoms with van der Waals surface area (Å²) in [4.78, 5) is 5.74. The van der Waals surface area contributed by atoms with Crippen LogP contribution in [0.5, 0.6) is 0 Å². The second-order valence-corrected chi connectivity index (χ2v) is 6.79. The van der Waals surface area contributed by atoms with Crippen molar-refractivity contribution in [3.05, 3.63) is 16.1 Å². The Morgan fingerprint density at radius 2 is 2.29 bits per heavy atom.